The molecule has 1 heterocycles. The van der Waals surface area contributed by atoms with Gasteiger partial charge < -0.3 is 0 Å². The van der Waals surface area contributed by atoms with Crippen molar-refractivity contribution in [3.05, 3.63) is 32.8 Å². The van der Waals surface area contributed by atoms with Gasteiger partial charge in [0.05, 0.1) is 10.2 Å². The van der Waals surface area contributed by atoms with Gasteiger partial charge in [-0.2, -0.15) is 5.21 Å². The molecular formula is C8H6BrFN4S. The van der Waals surface area contributed by atoms with Crippen molar-refractivity contribution >= 4 is 28.1 Å². The smallest absolute Gasteiger partial charge is 0.209 e. The number of hydrogen-bond donors (Lipinski definition) is 1. The molecule has 0 saturated carbocycles. The number of hydrogen-bond acceptors (Lipinski definition) is 3. The van der Waals surface area contributed by atoms with Crippen LogP contribution in [-0.2, 0) is 0 Å². The maximum absolute atomic E-state index is 13.2. The highest BCUT2D eigenvalue weighted by atomic mass is 79.9. The van der Waals surface area contributed by atoms with Crippen molar-refractivity contribution in [3.8, 4) is 5.69 Å². The largest absolute Gasteiger partial charge is 0.242 e. The van der Waals surface area contributed by atoms with E-state index < -0.39 is 0 Å². The summed E-state index contributed by atoms with van der Waals surface area (Å²) in [5.41, 5.74) is 1.47. The number of benzene rings is 1. The maximum Gasteiger partial charge on any atom is 0.242 e. The third-order valence-electron chi connectivity index (χ3n) is 1.95. The van der Waals surface area contributed by atoms with Crippen LogP contribution in [0.5, 0.6) is 0 Å². The van der Waals surface area contributed by atoms with E-state index in [1.165, 1.54) is 10.7 Å². The minimum atomic E-state index is -0.310. The Morgan fingerprint density at radius 2 is 2.27 bits per heavy atom. The summed E-state index contributed by atoms with van der Waals surface area (Å²) in [5.74, 6) is -0.310. The molecule has 78 valence electrons. The summed E-state index contributed by atoms with van der Waals surface area (Å²) in [6, 6.07) is 3.04. The van der Waals surface area contributed by atoms with Gasteiger partial charge in [0.15, 0.2) is 0 Å². The lowest BCUT2D eigenvalue weighted by atomic mass is 10.2. The molecule has 0 aliphatic heterocycles. The van der Waals surface area contributed by atoms with Crippen LogP contribution in [-0.4, -0.2) is 20.2 Å². The van der Waals surface area contributed by atoms with Gasteiger partial charge in [-0.1, -0.05) is 10.3 Å². The van der Waals surface area contributed by atoms with Gasteiger partial charge in [0.1, 0.15) is 5.82 Å². The second kappa shape index (κ2) is 3.82. The summed E-state index contributed by atoms with van der Waals surface area (Å²) in [6.45, 7) is 1.79. The van der Waals surface area contributed by atoms with E-state index in [0.717, 1.165) is 11.3 Å². The zero-order chi connectivity index (χ0) is 11.0. The molecule has 0 saturated heterocycles. The summed E-state index contributed by atoms with van der Waals surface area (Å²) in [6.07, 6.45) is 0. The number of H-pyrrole nitrogens is 1. The van der Waals surface area contributed by atoms with Gasteiger partial charge in [-0.05, 0) is 52.8 Å². The second-order valence-electron chi connectivity index (χ2n) is 2.97. The molecule has 0 fully saturated rings. The molecule has 0 aliphatic rings. The fourth-order valence-corrected chi connectivity index (χ4v) is 1.74. The van der Waals surface area contributed by atoms with Crippen molar-refractivity contribution in [1.29, 1.82) is 0 Å². The average Bonchev–Trinajstić information content (AvgIpc) is 2.58. The van der Waals surface area contributed by atoms with E-state index in [9.17, 15) is 4.39 Å². The summed E-state index contributed by atoms with van der Waals surface area (Å²) >= 11 is 8.07. The molecule has 0 bridgehead atoms. The maximum atomic E-state index is 13.2. The Labute approximate surface area is 98.2 Å². The lowest BCUT2D eigenvalue weighted by molar-refractivity contribution is 0.618. The number of aromatic nitrogens is 4. The first-order valence-electron chi connectivity index (χ1n) is 4.05. The first-order valence-corrected chi connectivity index (χ1v) is 5.26. The van der Waals surface area contributed by atoms with Crippen molar-refractivity contribution in [2.45, 2.75) is 6.92 Å². The molecule has 7 heteroatoms. The molecule has 0 spiro atoms. The number of halogens is 2. The first-order chi connectivity index (χ1) is 7.09. The average molecular weight is 289 g/mol. The molecule has 0 atom stereocenters. The van der Waals surface area contributed by atoms with Crippen LogP contribution in [0.2, 0.25) is 0 Å². The van der Waals surface area contributed by atoms with E-state index >= 15 is 0 Å². The van der Waals surface area contributed by atoms with Crippen LogP contribution in [0.4, 0.5) is 4.39 Å². The Hall–Kier alpha value is -1.08. The van der Waals surface area contributed by atoms with Crippen molar-refractivity contribution in [2.24, 2.45) is 0 Å². The molecule has 2 rings (SSSR count). The molecule has 1 aromatic carbocycles. The van der Waals surface area contributed by atoms with Crippen molar-refractivity contribution in [3.63, 3.8) is 0 Å². The predicted octanol–water partition coefficient (Wildman–Crippen LogP) is 2.53. The zero-order valence-corrected chi connectivity index (χ0v) is 10.1. The van der Waals surface area contributed by atoms with E-state index in [4.69, 9.17) is 12.2 Å². The van der Waals surface area contributed by atoms with Gasteiger partial charge in [-0.3, -0.25) is 0 Å². The summed E-state index contributed by atoms with van der Waals surface area (Å²) in [7, 11) is 0. The third-order valence-corrected chi connectivity index (χ3v) is 2.82. The highest BCUT2D eigenvalue weighted by Crippen LogP contribution is 2.22. The minimum Gasteiger partial charge on any atom is -0.209 e. The quantitative estimate of drug-likeness (QED) is 0.821. The van der Waals surface area contributed by atoms with Crippen LogP contribution >= 0.6 is 28.1 Å². The van der Waals surface area contributed by atoms with E-state index in [0.29, 0.717) is 9.24 Å². The number of aryl methyl sites for hydroxylation is 1. The van der Waals surface area contributed by atoms with E-state index in [2.05, 4.69) is 31.5 Å². The highest BCUT2D eigenvalue weighted by molar-refractivity contribution is 9.10. The SMILES string of the molecule is Cc1cc(F)c(Br)cc1-n1[nH]nnc1=S. The summed E-state index contributed by atoms with van der Waals surface area (Å²) in [5, 5.41) is 9.83. The lowest BCUT2D eigenvalue weighted by Crippen LogP contribution is -2.00. The standard InChI is InChI=1S/C8H6BrFN4S/c1-4-2-6(10)5(9)3-7(4)14-8(15)11-12-13-14/h2-3H,1H3,(H,11,13,15). The van der Waals surface area contributed by atoms with Crippen LogP contribution in [0, 0.1) is 17.5 Å². The zero-order valence-electron chi connectivity index (χ0n) is 7.66. The van der Waals surface area contributed by atoms with Gasteiger partial charge in [-0.25, -0.2) is 9.07 Å². The Bertz CT molecular complexity index is 562. The number of aromatic amines is 1. The number of nitrogens with zero attached hydrogens (tertiary/aromatic N) is 3. The van der Waals surface area contributed by atoms with Crippen LogP contribution < -0.4 is 0 Å². The van der Waals surface area contributed by atoms with E-state index in [1.54, 1.807) is 13.0 Å². The Kier molecular flexibility index (Phi) is 2.66. The van der Waals surface area contributed by atoms with Crippen molar-refractivity contribution in [2.75, 3.05) is 0 Å². The van der Waals surface area contributed by atoms with Crippen molar-refractivity contribution in [1.82, 2.24) is 20.2 Å². The number of tetrazole rings is 1. The summed E-state index contributed by atoms with van der Waals surface area (Å²) < 4.78 is 15.4. The molecule has 0 aliphatic carbocycles. The van der Waals surface area contributed by atoms with Gasteiger partial charge in [0.2, 0.25) is 4.77 Å². The molecule has 4 nitrogen and oxygen atoms in total. The fraction of sp³-hybridized carbons (Fsp3) is 0.125. The van der Waals surface area contributed by atoms with Crippen LogP contribution in [0.15, 0.2) is 16.6 Å². The normalized spacial score (nSPS) is 10.6. The predicted molar refractivity (Wildman–Crippen MR) is 58.9 cm³/mol. The first kappa shape index (κ1) is 10.4. The van der Waals surface area contributed by atoms with Crippen LogP contribution in [0.3, 0.4) is 0 Å². The molecule has 1 aromatic heterocycles. The van der Waals surface area contributed by atoms with Crippen LogP contribution in [0.1, 0.15) is 5.56 Å². The van der Waals surface area contributed by atoms with Gasteiger partial charge in [-0.15, -0.1) is 0 Å². The Balaban J connectivity index is 2.69. The minimum absolute atomic E-state index is 0.302. The van der Waals surface area contributed by atoms with Gasteiger partial charge in [0, 0.05) is 0 Å². The molecule has 2 aromatic rings. The molecule has 0 unspecified atom stereocenters. The Morgan fingerprint density at radius 1 is 1.53 bits per heavy atom. The van der Waals surface area contributed by atoms with E-state index in [-0.39, 0.29) is 5.82 Å². The molecule has 15 heavy (non-hydrogen) atoms. The fourth-order valence-electron chi connectivity index (χ4n) is 1.23. The van der Waals surface area contributed by atoms with Gasteiger partial charge in [0.25, 0.3) is 0 Å². The highest BCUT2D eigenvalue weighted by Gasteiger charge is 2.08. The van der Waals surface area contributed by atoms with Gasteiger partial charge >= 0.3 is 0 Å². The molecule has 0 amide bonds. The van der Waals surface area contributed by atoms with Crippen molar-refractivity contribution < 1.29 is 4.39 Å². The molecular weight excluding hydrogens is 283 g/mol. The lowest BCUT2D eigenvalue weighted by Gasteiger charge is -2.06. The third kappa shape index (κ3) is 1.84. The topological polar surface area (TPSA) is 46.5 Å². The monoisotopic (exact) mass is 288 g/mol. The molecule has 0 radical (unpaired) electrons. The summed E-state index contributed by atoms with van der Waals surface area (Å²) in [4.78, 5) is 0. The Morgan fingerprint density at radius 3 is 2.87 bits per heavy atom. The number of rotatable bonds is 1. The molecule has 1 N–H and O–H groups in total. The second-order valence-corrected chi connectivity index (χ2v) is 4.19. The number of nitrogens with one attached hydrogen (secondary N) is 1. The van der Waals surface area contributed by atoms with E-state index in [1.807, 2.05) is 0 Å². The van der Waals surface area contributed by atoms with Crippen LogP contribution in [0.25, 0.3) is 5.69 Å².